The van der Waals surface area contributed by atoms with Gasteiger partial charge in [0.2, 0.25) is 10.0 Å². The molecule has 17 heavy (non-hydrogen) atoms. The largest absolute Gasteiger partial charge is 0.480 e. The topological polar surface area (TPSA) is 101 Å². The summed E-state index contributed by atoms with van der Waals surface area (Å²) >= 11 is 0. The van der Waals surface area contributed by atoms with Crippen molar-refractivity contribution in [3.05, 3.63) is 0 Å². The predicted molar refractivity (Wildman–Crippen MR) is 59.9 cm³/mol. The normalized spacial score (nSPS) is 11.5. The molecule has 0 radical (unpaired) electrons. The van der Waals surface area contributed by atoms with E-state index in [1.54, 1.807) is 13.8 Å². The Morgan fingerprint density at radius 3 is 2.29 bits per heavy atom. The van der Waals surface area contributed by atoms with E-state index in [0.717, 1.165) is 4.31 Å². The minimum atomic E-state index is -3.92. The van der Waals surface area contributed by atoms with E-state index in [1.165, 1.54) is 0 Å². The van der Waals surface area contributed by atoms with Crippen molar-refractivity contribution in [1.29, 1.82) is 0 Å². The number of ether oxygens (including phenoxy) is 1. The molecule has 0 rings (SSSR count). The van der Waals surface area contributed by atoms with Gasteiger partial charge in [0.1, 0.15) is 6.54 Å². The first-order valence-electron chi connectivity index (χ1n) is 5.18. The van der Waals surface area contributed by atoms with Crippen LogP contribution in [0.25, 0.3) is 0 Å². The Balaban J connectivity index is 4.70. The number of hydrogen-bond acceptors (Lipinski definition) is 5. The van der Waals surface area contributed by atoms with Crippen molar-refractivity contribution in [2.45, 2.75) is 20.3 Å². The Hall–Kier alpha value is -1.15. The lowest BCUT2D eigenvalue weighted by Crippen LogP contribution is -2.39. The van der Waals surface area contributed by atoms with Gasteiger partial charge in [-0.05, 0) is 13.3 Å². The fourth-order valence-electron chi connectivity index (χ4n) is 1.16. The Labute approximate surface area is 100 Å². The van der Waals surface area contributed by atoms with Crippen LogP contribution in [-0.2, 0) is 24.3 Å². The summed E-state index contributed by atoms with van der Waals surface area (Å²) in [5, 5.41) is 8.59. The van der Waals surface area contributed by atoms with Crippen molar-refractivity contribution in [3.8, 4) is 0 Å². The second-order valence-corrected chi connectivity index (χ2v) is 5.26. The number of nitrogens with zero attached hydrogens (tertiary/aromatic N) is 1. The number of rotatable bonds is 8. The van der Waals surface area contributed by atoms with E-state index in [9.17, 15) is 18.0 Å². The van der Waals surface area contributed by atoms with Gasteiger partial charge >= 0.3 is 11.9 Å². The van der Waals surface area contributed by atoms with Crippen LogP contribution < -0.4 is 0 Å². The number of esters is 1. The maximum absolute atomic E-state index is 11.7. The maximum atomic E-state index is 11.7. The van der Waals surface area contributed by atoms with Crippen LogP contribution >= 0.6 is 0 Å². The maximum Gasteiger partial charge on any atom is 0.322 e. The van der Waals surface area contributed by atoms with Crippen LogP contribution in [0.2, 0.25) is 0 Å². The smallest absolute Gasteiger partial charge is 0.322 e. The highest BCUT2D eigenvalue weighted by Gasteiger charge is 2.27. The van der Waals surface area contributed by atoms with Gasteiger partial charge in [-0.3, -0.25) is 9.59 Å². The highest BCUT2D eigenvalue weighted by molar-refractivity contribution is 7.89. The van der Waals surface area contributed by atoms with Gasteiger partial charge in [-0.25, -0.2) is 8.42 Å². The molecule has 0 atom stereocenters. The summed E-state index contributed by atoms with van der Waals surface area (Å²) in [5.41, 5.74) is 0. The molecule has 0 aliphatic rings. The zero-order valence-corrected chi connectivity index (χ0v) is 10.7. The third-order valence-electron chi connectivity index (χ3n) is 1.78. The summed E-state index contributed by atoms with van der Waals surface area (Å²) < 4.78 is 28.7. The Morgan fingerprint density at radius 1 is 1.29 bits per heavy atom. The first-order chi connectivity index (χ1) is 7.83. The van der Waals surface area contributed by atoms with Gasteiger partial charge in [-0.1, -0.05) is 6.92 Å². The molecule has 0 saturated heterocycles. The Bertz CT molecular complexity index is 364. The van der Waals surface area contributed by atoms with Crippen molar-refractivity contribution in [2.75, 3.05) is 25.4 Å². The lowest BCUT2D eigenvalue weighted by molar-refractivity contribution is -0.140. The van der Waals surface area contributed by atoms with E-state index in [1.807, 2.05) is 0 Å². The summed E-state index contributed by atoms with van der Waals surface area (Å²) in [6.07, 6.45) is 0.468. The van der Waals surface area contributed by atoms with Crippen LogP contribution in [0.15, 0.2) is 0 Å². The minimum Gasteiger partial charge on any atom is -0.480 e. The Morgan fingerprint density at radius 2 is 1.88 bits per heavy atom. The summed E-state index contributed by atoms with van der Waals surface area (Å²) in [6.45, 7) is 2.78. The quantitative estimate of drug-likeness (QED) is 0.605. The number of carbonyl (C=O) groups is 2. The van der Waals surface area contributed by atoms with E-state index in [0.29, 0.717) is 6.42 Å². The van der Waals surface area contributed by atoms with Gasteiger partial charge in [0.25, 0.3) is 0 Å². The number of aliphatic carboxylic acids is 1. The van der Waals surface area contributed by atoms with Gasteiger partial charge < -0.3 is 9.84 Å². The number of sulfonamides is 1. The molecule has 0 amide bonds. The average molecular weight is 267 g/mol. The van der Waals surface area contributed by atoms with Crippen molar-refractivity contribution < 1.29 is 27.9 Å². The lowest BCUT2D eigenvalue weighted by Gasteiger charge is -2.18. The van der Waals surface area contributed by atoms with E-state index < -0.39 is 34.3 Å². The molecule has 1 N–H and O–H groups in total. The summed E-state index contributed by atoms with van der Waals surface area (Å²) in [5.74, 6) is -2.96. The zero-order valence-electron chi connectivity index (χ0n) is 9.88. The molecule has 0 spiro atoms. The van der Waals surface area contributed by atoms with Gasteiger partial charge in [0, 0.05) is 6.54 Å². The van der Waals surface area contributed by atoms with Crippen LogP contribution in [0, 0.1) is 0 Å². The third kappa shape index (κ3) is 6.22. The minimum absolute atomic E-state index is 0.0635. The fourth-order valence-corrected chi connectivity index (χ4v) is 2.49. The number of carboxylic acid groups (broad SMARTS) is 1. The summed E-state index contributed by atoms with van der Waals surface area (Å²) in [7, 11) is -3.92. The van der Waals surface area contributed by atoms with Gasteiger partial charge in [0.05, 0.1) is 6.61 Å². The van der Waals surface area contributed by atoms with Gasteiger partial charge in [-0.2, -0.15) is 4.31 Å². The molecular formula is C9H17NO6S. The molecule has 100 valence electrons. The van der Waals surface area contributed by atoms with Crippen LogP contribution in [0.4, 0.5) is 0 Å². The molecule has 0 unspecified atom stereocenters. The second-order valence-electron chi connectivity index (χ2n) is 3.29. The van der Waals surface area contributed by atoms with Crippen LogP contribution in [0.5, 0.6) is 0 Å². The standard InChI is InChI=1S/C9H17NO6S/c1-3-5-10(6-8(11)12)17(14,15)7-9(13)16-4-2/h3-7H2,1-2H3,(H,11,12). The van der Waals surface area contributed by atoms with Crippen LogP contribution in [0.3, 0.4) is 0 Å². The monoisotopic (exact) mass is 267 g/mol. The molecule has 7 nitrogen and oxygen atoms in total. The van der Waals surface area contributed by atoms with Crippen molar-refractivity contribution >= 4 is 22.0 Å². The van der Waals surface area contributed by atoms with Gasteiger partial charge in [-0.15, -0.1) is 0 Å². The van der Waals surface area contributed by atoms with E-state index in [-0.39, 0.29) is 13.2 Å². The lowest BCUT2D eigenvalue weighted by atomic mass is 10.5. The zero-order chi connectivity index (χ0) is 13.5. The second kappa shape index (κ2) is 7.23. The first-order valence-corrected chi connectivity index (χ1v) is 6.79. The Kier molecular flexibility index (Phi) is 6.74. The molecule has 0 fully saturated rings. The van der Waals surface area contributed by atoms with Crippen molar-refractivity contribution in [2.24, 2.45) is 0 Å². The third-order valence-corrected chi connectivity index (χ3v) is 3.48. The van der Waals surface area contributed by atoms with Crippen molar-refractivity contribution in [3.63, 3.8) is 0 Å². The van der Waals surface area contributed by atoms with Crippen LogP contribution in [-0.4, -0.2) is 55.2 Å². The molecule has 0 bridgehead atoms. The van der Waals surface area contributed by atoms with Gasteiger partial charge in [0.15, 0.2) is 5.75 Å². The van der Waals surface area contributed by atoms with Crippen LogP contribution in [0.1, 0.15) is 20.3 Å². The molecular weight excluding hydrogens is 250 g/mol. The molecule has 0 aliphatic carbocycles. The predicted octanol–water partition coefficient (Wildman–Crippen LogP) is -0.324. The number of hydrogen-bond donors (Lipinski definition) is 1. The molecule has 8 heteroatoms. The highest BCUT2D eigenvalue weighted by atomic mass is 32.2. The number of carbonyl (C=O) groups excluding carboxylic acids is 1. The molecule has 0 saturated carbocycles. The SMILES string of the molecule is CCCN(CC(=O)O)S(=O)(=O)CC(=O)OCC. The highest BCUT2D eigenvalue weighted by Crippen LogP contribution is 2.03. The van der Waals surface area contributed by atoms with E-state index in [2.05, 4.69) is 4.74 Å². The molecule has 0 aromatic rings. The summed E-state index contributed by atoms with van der Waals surface area (Å²) in [4.78, 5) is 21.6. The summed E-state index contributed by atoms with van der Waals surface area (Å²) in [6, 6.07) is 0. The number of carboxylic acids is 1. The molecule has 0 heterocycles. The fraction of sp³-hybridized carbons (Fsp3) is 0.778. The molecule has 0 aromatic carbocycles. The average Bonchev–Trinajstić information content (AvgIpc) is 2.15. The van der Waals surface area contributed by atoms with Crippen molar-refractivity contribution in [1.82, 2.24) is 4.31 Å². The van der Waals surface area contributed by atoms with E-state index in [4.69, 9.17) is 5.11 Å². The van der Waals surface area contributed by atoms with E-state index >= 15 is 0 Å². The first kappa shape index (κ1) is 15.9. The molecule has 0 aromatic heterocycles. The molecule has 0 aliphatic heterocycles.